The van der Waals surface area contributed by atoms with E-state index < -0.39 is 10.0 Å². The van der Waals surface area contributed by atoms with Crippen molar-refractivity contribution >= 4 is 33.0 Å². The average Bonchev–Trinajstić information content (AvgIpc) is 3.19. The summed E-state index contributed by atoms with van der Waals surface area (Å²) in [5, 5.41) is 2.76. The van der Waals surface area contributed by atoms with Gasteiger partial charge in [0, 0.05) is 23.7 Å². The van der Waals surface area contributed by atoms with Crippen LogP contribution in [0.5, 0.6) is 0 Å². The van der Waals surface area contributed by atoms with Crippen molar-refractivity contribution in [2.45, 2.75) is 24.7 Å². The number of rotatable bonds is 4. The Bertz CT molecular complexity index is 821. The van der Waals surface area contributed by atoms with E-state index in [2.05, 4.69) is 5.32 Å². The predicted molar refractivity (Wildman–Crippen MR) is 91.4 cm³/mol. The van der Waals surface area contributed by atoms with E-state index in [1.54, 1.807) is 24.3 Å². The molecule has 1 aliphatic rings. The van der Waals surface area contributed by atoms with Crippen molar-refractivity contribution in [3.8, 4) is 0 Å². The van der Waals surface area contributed by atoms with Crippen molar-refractivity contribution in [2.75, 3.05) is 18.4 Å². The summed E-state index contributed by atoms with van der Waals surface area (Å²) in [5.74, 6) is -0.223. The van der Waals surface area contributed by atoms with E-state index in [1.165, 1.54) is 21.7 Å². The number of thiophene rings is 1. The molecule has 0 radical (unpaired) electrons. The van der Waals surface area contributed by atoms with Crippen molar-refractivity contribution < 1.29 is 13.2 Å². The number of carbonyl (C=O) groups is 1. The zero-order chi connectivity index (χ0) is 16.4. The third-order valence-electron chi connectivity index (χ3n) is 3.76. The molecule has 3 rings (SSSR count). The van der Waals surface area contributed by atoms with Gasteiger partial charge in [0.25, 0.3) is 5.91 Å². The number of carbonyl (C=O) groups excluding carboxylic acids is 1. The summed E-state index contributed by atoms with van der Waals surface area (Å²) in [6.45, 7) is 3.06. The van der Waals surface area contributed by atoms with Gasteiger partial charge >= 0.3 is 0 Å². The Hall–Kier alpha value is -1.70. The molecule has 0 aliphatic carbocycles. The number of nitrogens with one attached hydrogen (secondary N) is 1. The third-order valence-corrected chi connectivity index (χ3v) is 6.65. The molecule has 2 heterocycles. The molecule has 1 N–H and O–H groups in total. The molecule has 0 bridgehead atoms. The summed E-state index contributed by atoms with van der Waals surface area (Å²) < 4.78 is 26.6. The van der Waals surface area contributed by atoms with Crippen molar-refractivity contribution in [3.05, 3.63) is 46.2 Å². The number of hydrogen-bond donors (Lipinski definition) is 1. The minimum Gasteiger partial charge on any atom is -0.321 e. The van der Waals surface area contributed by atoms with E-state index in [0.29, 0.717) is 23.7 Å². The Kier molecular flexibility index (Phi) is 4.52. The fourth-order valence-electron chi connectivity index (χ4n) is 2.56. The molecule has 1 aliphatic heterocycles. The summed E-state index contributed by atoms with van der Waals surface area (Å²) >= 11 is 1.41. The Labute approximate surface area is 140 Å². The first-order chi connectivity index (χ1) is 11.0. The molecule has 0 spiro atoms. The topological polar surface area (TPSA) is 66.5 Å². The van der Waals surface area contributed by atoms with Gasteiger partial charge in [-0.3, -0.25) is 4.79 Å². The van der Waals surface area contributed by atoms with Crippen molar-refractivity contribution in [2.24, 2.45) is 0 Å². The lowest BCUT2D eigenvalue weighted by atomic mass is 10.3. The van der Waals surface area contributed by atoms with Crippen LogP contribution in [0.3, 0.4) is 0 Å². The second-order valence-corrected chi connectivity index (χ2v) is 8.73. The maximum absolute atomic E-state index is 12.6. The van der Waals surface area contributed by atoms with Gasteiger partial charge in [-0.05, 0) is 50.1 Å². The highest BCUT2D eigenvalue weighted by Crippen LogP contribution is 2.24. The Morgan fingerprint density at radius 3 is 2.57 bits per heavy atom. The van der Waals surface area contributed by atoms with E-state index in [0.717, 1.165) is 17.7 Å². The van der Waals surface area contributed by atoms with Gasteiger partial charge in [0.05, 0.1) is 9.77 Å². The molecule has 122 valence electrons. The summed E-state index contributed by atoms with van der Waals surface area (Å²) in [5.41, 5.74) is 0.487. The van der Waals surface area contributed by atoms with Crippen LogP contribution >= 0.6 is 11.3 Å². The number of amides is 1. The van der Waals surface area contributed by atoms with E-state index in [1.807, 2.05) is 13.0 Å². The number of hydrogen-bond acceptors (Lipinski definition) is 4. The summed E-state index contributed by atoms with van der Waals surface area (Å²) in [6, 6.07) is 10.1. The molecular weight excluding hydrogens is 332 g/mol. The molecule has 7 heteroatoms. The molecule has 1 amide bonds. The van der Waals surface area contributed by atoms with Gasteiger partial charge in [-0.15, -0.1) is 11.3 Å². The highest BCUT2D eigenvalue weighted by atomic mass is 32.2. The minimum atomic E-state index is -3.47. The Morgan fingerprint density at radius 2 is 1.91 bits per heavy atom. The molecule has 1 fully saturated rings. The van der Waals surface area contributed by atoms with Gasteiger partial charge in [0.15, 0.2) is 0 Å². The number of aryl methyl sites for hydroxylation is 1. The Balaban J connectivity index is 1.81. The molecule has 5 nitrogen and oxygen atoms in total. The quantitative estimate of drug-likeness (QED) is 0.921. The minimum absolute atomic E-state index is 0.222. The lowest BCUT2D eigenvalue weighted by Gasteiger charge is -2.16. The molecule has 1 aromatic heterocycles. The summed E-state index contributed by atoms with van der Waals surface area (Å²) in [4.78, 5) is 14.1. The largest absolute Gasteiger partial charge is 0.321 e. The van der Waals surface area contributed by atoms with Crippen molar-refractivity contribution in [1.82, 2.24) is 4.31 Å². The van der Waals surface area contributed by atoms with E-state index >= 15 is 0 Å². The number of benzene rings is 1. The maximum atomic E-state index is 12.6. The second kappa shape index (κ2) is 6.43. The van der Waals surface area contributed by atoms with Gasteiger partial charge in [0.2, 0.25) is 10.0 Å². The highest BCUT2D eigenvalue weighted by molar-refractivity contribution is 7.89. The SMILES string of the molecule is Cc1ccc(C(=O)Nc2cccc(S(=O)(=O)N3CCCC3)c2)s1. The zero-order valence-electron chi connectivity index (χ0n) is 12.8. The molecule has 1 aromatic carbocycles. The van der Waals surface area contributed by atoms with Gasteiger partial charge < -0.3 is 5.32 Å². The van der Waals surface area contributed by atoms with Crippen LogP contribution in [-0.2, 0) is 10.0 Å². The molecule has 0 unspecified atom stereocenters. The third kappa shape index (κ3) is 3.46. The number of nitrogens with zero attached hydrogens (tertiary/aromatic N) is 1. The van der Waals surface area contributed by atoms with E-state index in [9.17, 15) is 13.2 Å². The number of anilines is 1. The number of sulfonamides is 1. The molecule has 1 saturated heterocycles. The maximum Gasteiger partial charge on any atom is 0.265 e. The lowest BCUT2D eigenvalue weighted by Crippen LogP contribution is -2.27. The first-order valence-electron chi connectivity index (χ1n) is 7.45. The van der Waals surface area contributed by atoms with Crippen LogP contribution in [0.4, 0.5) is 5.69 Å². The standard InChI is InChI=1S/C16H18N2O3S2/c1-12-7-8-15(22-12)16(19)17-13-5-4-6-14(11-13)23(20,21)18-9-2-3-10-18/h4-8,11H,2-3,9-10H2,1H3,(H,17,19). The van der Waals surface area contributed by atoms with Crippen molar-refractivity contribution in [3.63, 3.8) is 0 Å². The van der Waals surface area contributed by atoms with Crippen LogP contribution in [0.2, 0.25) is 0 Å². The van der Waals surface area contributed by atoms with Gasteiger partial charge in [-0.25, -0.2) is 8.42 Å². The first-order valence-corrected chi connectivity index (χ1v) is 9.70. The van der Waals surface area contributed by atoms with Crippen LogP contribution in [0.1, 0.15) is 27.4 Å². The average molecular weight is 350 g/mol. The molecule has 2 aromatic rings. The molecule has 0 atom stereocenters. The predicted octanol–water partition coefficient (Wildman–Crippen LogP) is 3.09. The van der Waals surface area contributed by atoms with E-state index in [4.69, 9.17) is 0 Å². The molecular formula is C16H18N2O3S2. The Morgan fingerprint density at radius 1 is 1.17 bits per heavy atom. The van der Waals surface area contributed by atoms with Crippen LogP contribution in [0.25, 0.3) is 0 Å². The fourth-order valence-corrected chi connectivity index (χ4v) is 4.89. The van der Waals surface area contributed by atoms with Crippen LogP contribution in [-0.4, -0.2) is 31.7 Å². The second-order valence-electron chi connectivity index (χ2n) is 5.50. The highest BCUT2D eigenvalue weighted by Gasteiger charge is 2.27. The first kappa shape index (κ1) is 16.2. The van der Waals surface area contributed by atoms with Gasteiger partial charge in [-0.1, -0.05) is 6.07 Å². The van der Waals surface area contributed by atoms with Gasteiger partial charge in [-0.2, -0.15) is 4.31 Å². The molecule has 0 saturated carbocycles. The fraction of sp³-hybridized carbons (Fsp3) is 0.312. The zero-order valence-corrected chi connectivity index (χ0v) is 14.4. The van der Waals surface area contributed by atoms with Crippen LogP contribution in [0, 0.1) is 6.92 Å². The molecule has 23 heavy (non-hydrogen) atoms. The van der Waals surface area contributed by atoms with Gasteiger partial charge in [0.1, 0.15) is 0 Å². The summed E-state index contributed by atoms with van der Waals surface area (Å²) in [6.07, 6.45) is 1.79. The summed E-state index contributed by atoms with van der Waals surface area (Å²) in [7, 11) is -3.47. The monoisotopic (exact) mass is 350 g/mol. The van der Waals surface area contributed by atoms with Crippen LogP contribution < -0.4 is 5.32 Å². The van der Waals surface area contributed by atoms with E-state index in [-0.39, 0.29) is 10.8 Å². The smallest absolute Gasteiger partial charge is 0.265 e. The van der Waals surface area contributed by atoms with Crippen molar-refractivity contribution in [1.29, 1.82) is 0 Å². The normalized spacial score (nSPS) is 15.7. The lowest BCUT2D eigenvalue weighted by molar-refractivity contribution is 0.103. The van der Waals surface area contributed by atoms with Crippen LogP contribution in [0.15, 0.2) is 41.3 Å².